The van der Waals surface area contributed by atoms with E-state index in [0.717, 1.165) is 19.3 Å². The first-order chi connectivity index (χ1) is 18.2. The second-order valence-electron chi connectivity index (χ2n) is 11.1. The summed E-state index contributed by atoms with van der Waals surface area (Å²) in [6.45, 7) is 14.8. The molecule has 39 heavy (non-hydrogen) atoms. The fourth-order valence-electron chi connectivity index (χ4n) is 3.81. The molecule has 0 aromatic heterocycles. The van der Waals surface area contributed by atoms with Crippen molar-refractivity contribution in [3.63, 3.8) is 0 Å². The molecule has 1 aromatic rings. The zero-order valence-corrected chi connectivity index (χ0v) is 24.7. The molecular weight excluding hydrogens is 502 g/mol. The summed E-state index contributed by atoms with van der Waals surface area (Å²) in [6.07, 6.45) is 2.91. The Morgan fingerprint density at radius 2 is 1.38 bits per heavy atom. The molecule has 0 bridgehead atoms. The summed E-state index contributed by atoms with van der Waals surface area (Å²) >= 11 is 0. The van der Waals surface area contributed by atoms with Crippen molar-refractivity contribution in [3.8, 4) is 11.5 Å². The van der Waals surface area contributed by atoms with Gasteiger partial charge in [0.25, 0.3) is 0 Å². The molecule has 0 amide bonds. The minimum absolute atomic E-state index is 0.000607. The quantitative estimate of drug-likeness (QED) is 0.159. The number of hydrogen-bond acceptors (Lipinski definition) is 8. The number of carbonyl (C=O) groups is 4. The van der Waals surface area contributed by atoms with E-state index in [-0.39, 0.29) is 35.9 Å². The molecule has 3 N–H and O–H groups in total. The molecule has 5 atom stereocenters. The number of hydrogen-bond donors (Lipinski definition) is 2. The summed E-state index contributed by atoms with van der Waals surface area (Å²) in [4.78, 5) is 49.6. The summed E-state index contributed by atoms with van der Waals surface area (Å²) in [6, 6.07) is 3.24. The van der Waals surface area contributed by atoms with Crippen LogP contribution in [0.15, 0.2) is 18.2 Å². The van der Waals surface area contributed by atoms with Crippen molar-refractivity contribution in [2.45, 2.75) is 93.0 Å². The van der Waals surface area contributed by atoms with E-state index in [1.165, 1.54) is 12.1 Å². The smallest absolute Gasteiger partial charge is 0.321 e. The van der Waals surface area contributed by atoms with Gasteiger partial charge in [0.05, 0.1) is 18.4 Å². The Morgan fingerprint density at radius 1 is 0.846 bits per heavy atom. The zero-order valence-electron chi connectivity index (χ0n) is 24.7. The average molecular weight is 550 g/mol. The van der Waals surface area contributed by atoms with Crippen molar-refractivity contribution in [2.24, 2.45) is 35.3 Å². The van der Waals surface area contributed by atoms with Crippen LogP contribution in [0, 0.1) is 29.6 Å². The van der Waals surface area contributed by atoms with Crippen molar-refractivity contribution >= 4 is 23.9 Å². The molecule has 0 heterocycles. The van der Waals surface area contributed by atoms with Gasteiger partial charge in [-0.2, -0.15) is 0 Å². The number of esters is 3. The second-order valence-corrected chi connectivity index (χ2v) is 11.1. The summed E-state index contributed by atoms with van der Waals surface area (Å²) in [7, 11) is 0. The number of benzene rings is 1. The van der Waals surface area contributed by atoms with Gasteiger partial charge in [-0.1, -0.05) is 74.3 Å². The van der Waals surface area contributed by atoms with Crippen molar-refractivity contribution < 1.29 is 38.5 Å². The van der Waals surface area contributed by atoms with Gasteiger partial charge in [-0.05, 0) is 41.9 Å². The fourth-order valence-corrected chi connectivity index (χ4v) is 3.81. The lowest BCUT2D eigenvalue weighted by atomic mass is 9.82. The van der Waals surface area contributed by atoms with E-state index < -0.39 is 47.6 Å². The summed E-state index contributed by atoms with van der Waals surface area (Å²) in [5.74, 6) is -4.56. The summed E-state index contributed by atoms with van der Waals surface area (Å²) in [5, 5.41) is 9.73. The van der Waals surface area contributed by atoms with Crippen LogP contribution >= 0.6 is 0 Å². The standard InChI is InChI=1S/C30H47NO8/c1-9-10-11-12-25(32)37-16-19(6)26(27(31)28(33)34)22-13-14-23(38-29(35)20(7)17(2)3)24(15-22)39-30(36)21(8)18(4)5/h13-15,17-21,26-27H,9-12,16,31H2,1-8H3,(H,33,34)/t19?,20?,21?,26?,27-/m0/s1. The van der Waals surface area contributed by atoms with E-state index >= 15 is 0 Å². The van der Waals surface area contributed by atoms with Gasteiger partial charge in [0, 0.05) is 12.3 Å². The third-order valence-electron chi connectivity index (χ3n) is 7.29. The molecule has 0 aliphatic carbocycles. The van der Waals surface area contributed by atoms with Gasteiger partial charge in [0.2, 0.25) is 0 Å². The first-order valence-electron chi connectivity index (χ1n) is 13.9. The molecule has 0 spiro atoms. The SMILES string of the molecule is CCCCCC(=O)OCC(C)C(c1ccc(OC(=O)C(C)C(C)C)c(OC(=O)C(C)C(C)C)c1)[C@H](N)C(=O)O. The van der Waals surface area contributed by atoms with Crippen LogP contribution in [0.1, 0.15) is 92.6 Å². The number of carboxylic acid groups (broad SMARTS) is 1. The van der Waals surface area contributed by atoms with Crippen LogP contribution in [0.5, 0.6) is 11.5 Å². The van der Waals surface area contributed by atoms with E-state index in [1.54, 1.807) is 26.8 Å². The molecule has 220 valence electrons. The van der Waals surface area contributed by atoms with E-state index in [4.69, 9.17) is 19.9 Å². The highest BCUT2D eigenvalue weighted by Crippen LogP contribution is 2.37. The van der Waals surface area contributed by atoms with Crippen LogP contribution in [0.2, 0.25) is 0 Å². The predicted molar refractivity (Wildman–Crippen MR) is 148 cm³/mol. The number of unbranched alkanes of at least 4 members (excludes halogenated alkanes) is 2. The van der Waals surface area contributed by atoms with Crippen LogP contribution in [0.3, 0.4) is 0 Å². The minimum atomic E-state index is -1.33. The molecule has 0 saturated heterocycles. The molecular formula is C30H47NO8. The maximum atomic E-state index is 12.8. The zero-order chi connectivity index (χ0) is 29.9. The highest BCUT2D eigenvalue weighted by Gasteiger charge is 2.33. The monoisotopic (exact) mass is 549 g/mol. The second kappa shape index (κ2) is 16.2. The molecule has 1 aromatic carbocycles. The highest BCUT2D eigenvalue weighted by atomic mass is 16.6. The van der Waals surface area contributed by atoms with Crippen molar-refractivity contribution in [1.29, 1.82) is 0 Å². The summed E-state index contributed by atoms with van der Waals surface area (Å²) in [5.41, 5.74) is 6.55. The molecule has 9 heteroatoms. The van der Waals surface area contributed by atoms with E-state index in [2.05, 4.69) is 0 Å². The van der Waals surface area contributed by atoms with Crippen LogP contribution < -0.4 is 15.2 Å². The van der Waals surface area contributed by atoms with Gasteiger partial charge in [-0.3, -0.25) is 19.2 Å². The Balaban J connectivity index is 3.39. The Kier molecular flexibility index (Phi) is 14.2. The van der Waals surface area contributed by atoms with Crippen molar-refractivity contribution in [1.82, 2.24) is 0 Å². The number of nitrogens with two attached hydrogens (primary N) is 1. The Morgan fingerprint density at radius 3 is 1.87 bits per heavy atom. The van der Waals surface area contributed by atoms with Gasteiger partial charge in [0.15, 0.2) is 11.5 Å². The van der Waals surface area contributed by atoms with Crippen molar-refractivity contribution in [3.05, 3.63) is 23.8 Å². The van der Waals surface area contributed by atoms with Crippen LogP contribution in [0.25, 0.3) is 0 Å². The summed E-state index contributed by atoms with van der Waals surface area (Å²) < 4.78 is 16.7. The van der Waals surface area contributed by atoms with E-state index in [1.807, 2.05) is 34.6 Å². The number of carboxylic acids is 1. The molecule has 1 rings (SSSR count). The van der Waals surface area contributed by atoms with E-state index in [9.17, 15) is 24.3 Å². The Bertz CT molecular complexity index is 974. The normalized spacial score (nSPS) is 15.3. The highest BCUT2D eigenvalue weighted by molar-refractivity contribution is 5.79. The average Bonchev–Trinajstić information content (AvgIpc) is 2.87. The van der Waals surface area contributed by atoms with Crippen LogP contribution in [-0.2, 0) is 23.9 Å². The number of carbonyl (C=O) groups excluding carboxylic acids is 3. The molecule has 0 aliphatic heterocycles. The third kappa shape index (κ3) is 10.6. The lowest BCUT2D eigenvalue weighted by molar-refractivity contribution is -0.145. The van der Waals surface area contributed by atoms with Gasteiger partial charge in [-0.25, -0.2) is 0 Å². The topological polar surface area (TPSA) is 142 Å². The Labute approximate surface area is 232 Å². The first-order valence-corrected chi connectivity index (χ1v) is 13.9. The van der Waals surface area contributed by atoms with Crippen molar-refractivity contribution in [2.75, 3.05) is 6.61 Å². The third-order valence-corrected chi connectivity index (χ3v) is 7.29. The van der Waals surface area contributed by atoms with Gasteiger partial charge >= 0.3 is 23.9 Å². The predicted octanol–water partition coefficient (Wildman–Crippen LogP) is 5.34. The largest absolute Gasteiger partial charge is 0.480 e. The molecule has 4 unspecified atom stereocenters. The maximum Gasteiger partial charge on any atom is 0.321 e. The lowest BCUT2D eigenvalue weighted by Crippen LogP contribution is -2.40. The van der Waals surface area contributed by atoms with Gasteiger partial charge in [-0.15, -0.1) is 0 Å². The lowest BCUT2D eigenvalue weighted by Gasteiger charge is -2.28. The number of ether oxygens (including phenoxy) is 3. The number of rotatable bonds is 16. The Hall–Kier alpha value is -2.94. The minimum Gasteiger partial charge on any atom is -0.480 e. The molecule has 0 saturated carbocycles. The molecule has 0 aliphatic rings. The molecule has 0 radical (unpaired) electrons. The van der Waals surface area contributed by atoms with Crippen LogP contribution in [0.4, 0.5) is 0 Å². The maximum absolute atomic E-state index is 12.8. The van der Waals surface area contributed by atoms with Gasteiger partial charge < -0.3 is 25.1 Å². The first kappa shape index (κ1) is 34.1. The van der Waals surface area contributed by atoms with Crippen LogP contribution in [-0.4, -0.2) is 41.6 Å². The van der Waals surface area contributed by atoms with Gasteiger partial charge in [0.1, 0.15) is 6.04 Å². The molecule has 0 fully saturated rings. The van der Waals surface area contributed by atoms with E-state index in [0.29, 0.717) is 12.0 Å². The number of aliphatic carboxylic acids is 1. The fraction of sp³-hybridized carbons (Fsp3) is 0.667. The molecule has 9 nitrogen and oxygen atoms in total.